The maximum absolute atomic E-state index is 13.8. The molecule has 0 saturated carbocycles. The van der Waals surface area contributed by atoms with Gasteiger partial charge in [-0.15, -0.1) is 0 Å². The van der Waals surface area contributed by atoms with Gasteiger partial charge in [-0.05, 0) is 25.1 Å². The number of amides is 1. The fourth-order valence-corrected chi connectivity index (χ4v) is 2.59. The number of carbonyl (C=O) groups excluding carboxylic acids is 1. The van der Waals surface area contributed by atoms with Gasteiger partial charge in [-0.2, -0.15) is 0 Å². The largest absolute Gasteiger partial charge is 0.382 e. The molecule has 0 aliphatic carbocycles. The monoisotopic (exact) mass is 348 g/mol. The van der Waals surface area contributed by atoms with Crippen LogP contribution in [0.3, 0.4) is 0 Å². The van der Waals surface area contributed by atoms with E-state index in [9.17, 15) is 18.0 Å². The molecule has 4 nitrogen and oxygen atoms in total. The fourth-order valence-electron chi connectivity index (χ4n) is 2.59. The van der Waals surface area contributed by atoms with Gasteiger partial charge in [0.15, 0.2) is 0 Å². The average Bonchev–Trinajstić information content (AvgIpc) is 3.04. The summed E-state index contributed by atoms with van der Waals surface area (Å²) in [7, 11) is 0. The summed E-state index contributed by atoms with van der Waals surface area (Å²) in [6, 6.07) is 8.31. The summed E-state index contributed by atoms with van der Waals surface area (Å²) in [6.45, 7) is 1.58. The lowest BCUT2D eigenvalue weighted by molar-refractivity contribution is -0.131. The molecule has 0 spiro atoms. The van der Waals surface area contributed by atoms with E-state index in [0.29, 0.717) is 11.3 Å². The summed E-state index contributed by atoms with van der Waals surface area (Å²) in [5, 5.41) is 6.43. The topological polar surface area (TPSA) is 50.7 Å². The summed E-state index contributed by atoms with van der Waals surface area (Å²) in [6.07, 6.45) is -0.710. The van der Waals surface area contributed by atoms with Crippen LogP contribution in [0, 0.1) is 17.5 Å². The Kier molecular flexibility index (Phi) is 4.74. The van der Waals surface area contributed by atoms with Gasteiger partial charge >= 0.3 is 0 Å². The molecule has 2 atom stereocenters. The Morgan fingerprint density at radius 1 is 1.20 bits per heavy atom. The molecule has 1 N–H and O–H groups in total. The Morgan fingerprint density at radius 3 is 2.68 bits per heavy atom. The lowest BCUT2D eigenvalue weighted by Crippen LogP contribution is -2.36. The highest BCUT2D eigenvalue weighted by molar-refractivity contribution is 6.04. The van der Waals surface area contributed by atoms with E-state index in [1.807, 2.05) is 0 Å². The van der Waals surface area contributed by atoms with Crippen molar-refractivity contribution in [3.05, 3.63) is 71.0 Å². The first-order valence-corrected chi connectivity index (χ1v) is 7.68. The van der Waals surface area contributed by atoms with Crippen molar-refractivity contribution in [3.63, 3.8) is 0 Å². The number of halogens is 3. The van der Waals surface area contributed by atoms with Crippen LogP contribution >= 0.6 is 0 Å². The third-order valence-corrected chi connectivity index (χ3v) is 3.91. The van der Waals surface area contributed by atoms with Crippen LogP contribution in [0.5, 0.6) is 0 Å². The van der Waals surface area contributed by atoms with Gasteiger partial charge < -0.3 is 10.2 Å². The molecule has 2 aromatic carbocycles. The molecular formula is C18H15F3N2O2. The quantitative estimate of drug-likeness (QED) is 0.920. The maximum Gasteiger partial charge on any atom is 0.264 e. The Hall–Kier alpha value is -2.83. The van der Waals surface area contributed by atoms with E-state index < -0.39 is 35.5 Å². The fraction of sp³-hybridized carbons (Fsp3) is 0.222. The molecule has 1 amide bonds. The summed E-state index contributed by atoms with van der Waals surface area (Å²) < 4.78 is 40.0. The summed E-state index contributed by atoms with van der Waals surface area (Å²) in [5.74, 6) is -2.32. The van der Waals surface area contributed by atoms with Crippen molar-refractivity contribution in [2.75, 3.05) is 0 Å². The van der Waals surface area contributed by atoms with Crippen LogP contribution in [0.25, 0.3) is 0 Å². The van der Waals surface area contributed by atoms with Crippen molar-refractivity contribution in [2.24, 2.45) is 5.16 Å². The summed E-state index contributed by atoms with van der Waals surface area (Å²) in [4.78, 5) is 17.4. The average molecular weight is 348 g/mol. The highest BCUT2D eigenvalue weighted by atomic mass is 19.1. The van der Waals surface area contributed by atoms with E-state index in [1.165, 1.54) is 18.2 Å². The molecule has 3 rings (SSSR count). The molecule has 0 aromatic heterocycles. The van der Waals surface area contributed by atoms with Crippen molar-refractivity contribution in [1.29, 1.82) is 0 Å². The van der Waals surface area contributed by atoms with Gasteiger partial charge in [-0.25, -0.2) is 13.2 Å². The molecule has 0 radical (unpaired) electrons. The van der Waals surface area contributed by atoms with Gasteiger partial charge in [0.2, 0.25) is 6.10 Å². The molecule has 1 heterocycles. The third-order valence-electron chi connectivity index (χ3n) is 3.91. The third kappa shape index (κ3) is 3.81. The number of carbonyl (C=O) groups is 1. The number of oxime groups is 1. The molecule has 0 bridgehead atoms. The van der Waals surface area contributed by atoms with E-state index in [2.05, 4.69) is 10.5 Å². The molecule has 0 unspecified atom stereocenters. The first kappa shape index (κ1) is 17.0. The van der Waals surface area contributed by atoms with Gasteiger partial charge in [0.25, 0.3) is 5.91 Å². The molecule has 1 aliphatic rings. The highest BCUT2D eigenvalue weighted by Crippen LogP contribution is 2.21. The van der Waals surface area contributed by atoms with Crippen molar-refractivity contribution in [3.8, 4) is 0 Å². The zero-order valence-corrected chi connectivity index (χ0v) is 13.3. The van der Waals surface area contributed by atoms with Gasteiger partial charge in [-0.3, -0.25) is 4.79 Å². The normalized spacial score (nSPS) is 17.6. The Labute approximate surface area is 142 Å². The summed E-state index contributed by atoms with van der Waals surface area (Å²) in [5.41, 5.74) is 1.16. The van der Waals surface area contributed by atoms with Crippen LogP contribution < -0.4 is 5.32 Å². The Bertz CT molecular complexity index is 839. The first-order valence-electron chi connectivity index (χ1n) is 7.68. The van der Waals surface area contributed by atoms with E-state index >= 15 is 0 Å². The van der Waals surface area contributed by atoms with Gasteiger partial charge in [0, 0.05) is 23.6 Å². The number of hydrogen-bond acceptors (Lipinski definition) is 3. The second-order valence-corrected chi connectivity index (χ2v) is 5.74. The van der Waals surface area contributed by atoms with Crippen LogP contribution in [-0.4, -0.2) is 17.7 Å². The molecule has 1 aliphatic heterocycles. The van der Waals surface area contributed by atoms with Crippen LogP contribution in [0.15, 0.2) is 47.6 Å². The standard InChI is InChI=1S/C18H15F3N2O2/c1-10(14-6-5-13(20)8-15(14)21)22-18(24)17-9-16(23-25-17)11-3-2-4-12(19)7-11/h2-8,10,17H,9H2,1H3,(H,22,24)/t10-,17-/m0/s1. The van der Waals surface area contributed by atoms with E-state index in [1.54, 1.807) is 19.1 Å². The van der Waals surface area contributed by atoms with E-state index in [0.717, 1.165) is 12.1 Å². The van der Waals surface area contributed by atoms with E-state index in [4.69, 9.17) is 4.84 Å². The minimum Gasteiger partial charge on any atom is -0.382 e. The Balaban J connectivity index is 1.63. The van der Waals surface area contributed by atoms with Crippen molar-refractivity contribution in [2.45, 2.75) is 25.5 Å². The lowest BCUT2D eigenvalue weighted by atomic mass is 10.0. The molecule has 7 heteroatoms. The van der Waals surface area contributed by atoms with Gasteiger partial charge in [-0.1, -0.05) is 23.4 Å². The molecule has 25 heavy (non-hydrogen) atoms. The zero-order valence-electron chi connectivity index (χ0n) is 13.3. The summed E-state index contributed by atoms with van der Waals surface area (Å²) >= 11 is 0. The second kappa shape index (κ2) is 6.96. The number of benzene rings is 2. The minimum absolute atomic E-state index is 0.166. The predicted octanol–water partition coefficient (Wildman–Crippen LogP) is 3.47. The molecular weight excluding hydrogens is 333 g/mol. The van der Waals surface area contributed by atoms with Crippen LogP contribution in [0.1, 0.15) is 30.5 Å². The van der Waals surface area contributed by atoms with Crippen LogP contribution in [0.2, 0.25) is 0 Å². The molecule has 130 valence electrons. The highest BCUT2D eigenvalue weighted by Gasteiger charge is 2.30. The van der Waals surface area contributed by atoms with Crippen LogP contribution in [0.4, 0.5) is 13.2 Å². The van der Waals surface area contributed by atoms with Gasteiger partial charge in [0.05, 0.1) is 11.8 Å². The van der Waals surface area contributed by atoms with Gasteiger partial charge in [0.1, 0.15) is 17.5 Å². The number of hydrogen-bond donors (Lipinski definition) is 1. The van der Waals surface area contributed by atoms with Crippen molar-refractivity contribution in [1.82, 2.24) is 5.32 Å². The predicted molar refractivity (Wildman–Crippen MR) is 85.3 cm³/mol. The zero-order chi connectivity index (χ0) is 18.0. The minimum atomic E-state index is -0.885. The number of nitrogens with one attached hydrogen (secondary N) is 1. The number of rotatable bonds is 4. The van der Waals surface area contributed by atoms with Crippen molar-refractivity contribution >= 4 is 11.6 Å². The van der Waals surface area contributed by atoms with Crippen LogP contribution in [-0.2, 0) is 9.63 Å². The molecule has 0 saturated heterocycles. The van der Waals surface area contributed by atoms with Crippen molar-refractivity contribution < 1.29 is 22.8 Å². The maximum atomic E-state index is 13.8. The lowest BCUT2D eigenvalue weighted by Gasteiger charge is -2.17. The first-order chi connectivity index (χ1) is 11.9. The van der Waals surface area contributed by atoms with E-state index in [-0.39, 0.29) is 12.0 Å². The Morgan fingerprint density at radius 2 is 1.96 bits per heavy atom. The smallest absolute Gasteiger partial charge is 0.264 e. The number of nitrogens with zero attached hydrogens (tertiary/aromatic N) is 1. The molecule has 2 aromatic rings. The second-order valence-electron chi connectivity index (χ2n) is 5.74. The molecule has 0 fully saturated rings. The SMILES string of the molecule is C[C@H](NC(=O)[C@@H]1CC(c2cccc(F)c2)=NO1)c1ccc(F)cc1F.